The molecule has 0 fully saturated rings. The van der Waals surface area contributed by atoms with Crippen LogP contribution < -0.4 is 21.3 Å². The molecule has 4 amide bonds. The summed E-state index contributed by atoms with van der Waals surface area (Å²) in [5, 5.41) is 50.3. The van der Waals surface area contributed by atoms with Gasteiger partial charge >= 0.3 is 12.1 Å². The summed E-state index contributed by atoms with van der Waals surface area (Å²) in [6, 6.07) is 20.8. The Morgan fingerprint density at radius 3 is 0.895 bits per heavy atom. The van der Waals surface area contributed by atoms with Crippen molar-refractivity contribution in [3.8, 4) is 22.6 Å². The van der Waals surface area contributed by atoms with Gasteiger partial charge in [0.05, 0.1) is 11.4 Å². The van der Waals surface area contributed by atoms with Gasteiger partial charge in [-0.1, -0.05) is 219 Å². The lowest BCUT2D eigenvalue weighted by Gasteiger charge is -2.09. The molecule has 0 unspecified atom stereocenters. The largest absolute Gasteiger partial charge is 0.506 e. The number of nitrogens with zero attached hydrogens (tertiary/aromatic N) is 4. The van der Waals surface area contributed by atoms with E-state index in [-0.39, 0.29) is 23.6 Å². The Labute approximate surface area is 458 Å². The summed E-state index contributed by atoms with van der Waals surface area (Å²) < 4.78 is 0. The first-order valence-electron chi connectivity index (χ1n) is 30.0. The zero-order chi connectivity index (χ0) is 54.3. The van der Waals surface area contributed by atoms with Crippen LogP contribution in [-0.4, -0.2) is 35.4 Å². The van der Waals surface area contributed by atoms with Gasteiger partial charge in [0.15, 0.2) is 0 Å². The molecule has 418 valence electrons. The molecular weight excluding hydrogens is 945 g/mol. The molecule has 0 saturated heterocycles. The van der Waals surface area contributed by atoms with Crippen LogP contribution >= 0.6 is 0 Å². The van der Waals surface area contributed by atoms with Crippen molar-refractivity contribution >= 4 is 46.2 Å². The Bertz CT molecular complexity index is 2140. The van der Waals surface area contributed by atoms with E-state index in [1.807, 2.05) is 50.2 Å². The van der Waals surface area contributed by atoms with Crippen LogP contribution in [0.25, 0.3) is 11.1 Å². The summed E-state index contributed by atoms with van der Waals surface area (Å²) in [6.07, 6.45) is 42.0. The van der Waals surface area contributed by atoms with E-state index < -0.39 is 0 Å². The molecule has 0 radical (unpaired) electrons. The number of phenolic OH excluding ortho intramolecular Hbond substituents is 2. The molecule has 12 heteroatoms. The van der Waals surface area contributed by atoms with Gasteiger partial charge in [0.25, 0.3) is 0 Å². The number of nitrogens with one attached hydrogen (secondary N) is 4. The quantitative estimate of drug-likeness (QED) is 0.0192. The molecule has 4 aromatic carbocycles. The lowest BCUT2D eigenvalue weighted by atomic mass is 10.0. The van der Waals surface area contributed by atoms with Crippen LogP contribution in [0.4, 0.5) is 43.7 Å². The normalized spacial score (nSPS) is 11.5. The van der Waals surface area contributed by atoms with E-state index >= 15 is 0 Å². The predicted octanol–water partition coefficient (Wildman–Crippen LogP) is 21.0. The third-order valence-electron chi connectivity index (χ3n) is 14.4. The molecule has 12 nitrogen and oxygen atoms in total. The van der Waals surface area contributed by atoms with Crippen molar-refractivity contribution in [1.82, 2.24) is 10.6 Å². The summed E-state index contributed by atoms with van der Waals surface area (Å²) in [5.41, 5.74) is 6.65. The minimum absolute atomic E-state index is 0.0826. The Hall–Kier alpha value is -5.78. The number of aryl methyl sites for hydroxylation is 2. The highest BCUT2D eigenvalue weighted by Gasteiger charge is 2.10. The number of urea groups is 2. The second-order valence-corrected chi connectivity index (χ2v) is 21.2. The summed E-state index contributed by atoms with van der Waals surface area (Å²) in [7, 11) is 0. The first kappa shape index (κ1) is 62.8. The lowest BCUT2D eigenvalue weighted by Crippen LogP contribution is -2.29. The number of carbonyl (C=O) groups excluding carboxylic acids is 2. The molecule has 0 aliphatic heterocycles. The number of hydrogen-bond donors (Lipinski definition) is 6. The second kappa shape index (κ2) is 39.6. The van der Waals surface area contributed by atoms with Crippen LogP contribution in [0, 0.1) is 13.8 Å². The van der Waals surface area contributed by atoms with E-state index in [1.165, 1.54) is 192 Å². The first-order chi connectivity index (χ1) is 37.2. The zero-order valence-corrected chi connectivity index (χ0v) is 47.5. The number of phenols is 2. The third-order valence-corrected chi connectivity index (χ3v) is 14.4. The zero-order valence-electron chi connectivity index (χ0n) is 47.5. The van der Waals surface area contributed by atoms with Crippen LogP contribution in [-0.2, 0) is 0 Å². The van der Waals surface area contributed by atoms with Crippen LogP contribution in [0.15, 0.2) is 93.3 Å². The molecule has 0 heterocycles. The molecular formula is C64H98N8O4. The van der Waals surface area contributed by atoms with Gasteiger partial charge in [-0.25, -0.2) is 9.59 Å². The van der Waals surface area contributed by atoms with Gasteiger partial charge in [-0.2, -0.15) is 10.2 Å². The molecule has 4 rings (SSSR count). The molecule has 4 aromatic rings. The molecule has 6 N–H and O–H groups in total. The van der Waals surface area contributed by atoms with Gasteiger partial charge in [-0.15, -0.1) is 10.2 Å². The Morgan fingerprint density at radius 2 is 0.618 bits per heavy atom. The van der Waals surface area contributed by atoms with Gasteiger partial charge in [0.2, 0.25) is 0 Å². The van der Waals surface area contributed by atoms with E-state index in [9.17, 15) is 19.8 Å². The monoisotopic (exact) mass is 1040 g/mol. The predicted molar refractivity (Wildman–Crippen MR) is 319 cm³/mol. The molecule has 0 aromatic heterocycles. The van der Waals surface area contributed by atoms with E-state index in [4.69, 9.17) is 0 Å². The number of azo groups is 2. The van der Waals surface area contributed by atoms with Crippen molar-refractivity contribution in [1.29, 1.82) is 0 Å². The summed E-state index contributed by atoms with van der Waals surface area (Å²) in [5.74, 6) is -0.165. The van der Waals surface area contributed by atoms with Crippen LogP contribution in [0.1, 0.15) is 230 Å². The maximum Gasteiger partial charge on any atom is 0.319 e. The van der Waals surface area contributed by atoms with Gasteiger partial charge in [0, 0.05) is 36.6 Å². The van der Waals surface area contributed by atoms with Gasteiger partial charge in [-0.05, 0) is 97.5 Å². The van der Waals surface area contributed by atoms with Crippen LogP contribution in [0.3, 0.4) is 0 Å². The van der Waals surface area contributed by atoms with E-state index in [0.717, 1.165) is 47.9 Å². The number of carbonyl (C=O) groups is 2. The highest BCUT2D eigenvalue weighted by atomic mass is 16.3. The summed E-state index contributed by atoms with van der Waals surface area (Å²) in [6.45, 7) is 9.69. The smallest absolute Gasteiger partial charge is 0.319 e. The molecule has 0 atom stereocenters. The molecule has 0 bridgehead atoms. The fourth-order valence-corrected chi connectivity index (χ4v) is 9.58. The highest BCUT2D eigenvalue weighted by Crippen LogP contribution is 2.35. The van der Waals surface area contributed by atoms with E-state index in [0.29, 0.717) is 47.2 Å². The highest BCUT2D eigenvalue weighted by molar-refractivity contribution is 5.90. The first-order valence-corrected chi connectivity index (χ1v) is 30.0. The number of rotatable bonds is 41. The van der Waals surface area contributed by atoms with Crippen molar-refractivity contribution in [2.75, 3.05) is 23.7 Å². The van der Waals surface area contributed by atoms with Crippen molar-refractivity contribution in [2.24, 2.45) is 20.5 Å². The standard InChI is InChI=1S/C64H98N8O4/c1-5-7-9-11-13-15-17-19-21-23-25-27-29-31-33-35-45-65-63(75)67-55-39-43-59(61(73)49-55)71-69-57-41-37-53(47-51(57)3)54-38-42-58(52(4)48-54)70-72-60-44-40-56(50-62(60)74)68-64(76)66-46-36-34-32-30-28-26-24-22-20-18-16-14-12-10-8-6-2/h37-44,47-50,73-74H,5-36,45-46H2,1-4H3,(H2,65,67,75)(H2,66,68,76)/b71-69+,72-70+. The molecule has 0 aliphatic carbocycles. The Balaban J connectivity index is 1.08. The average molecular weight is 1040 g/mol. The topological polar surface area (TPSA) is 172 Å². The third kappa shape index (κ3) is 27.3. The van der Waals surface area contributed by atoms with E-state index in [1.54, 1.807) is 24.3 Å². The minimum atomic E-state index is -0.298. The number of benzene rings is 4. The number of anilines is 2. The van der Waals surface area contributed by atoms with Gasteiger partial charge < -0.3 is 31.5 Å². The number of aromatic hydroxyl groups is 2. The molecule has 0 spiro atoms. The number of hydrogen-bond acceptors (Lipinski definition) is 8. The number of amides is 4. The molecule has 76 heavy (non-hydrogen) atoms. The second-order valence-electron chi connectivity index (χ2n) is 21.2. The number of unbranched alkanes of at least 4 members (excludes halogenated alkanes) is 30. The maximum atomic E-state index is 12.5. The van der Waals surface area contributed by atoms with Crippen molar-refractivity contribution < 1.29 is 19.8 Å². The maximum absolute atomic E-state index is 12.5. The van der Waals surface area contributed by atoms with Crippen molar-refractivity contribution in [3.63, 3.8) is 0 Å². The lowest BCUT2D eigenvalue weighted by molar-refractivity contribution is 0.251. The molecule has 0 aliphatic rings. The minimum Gasteiger partial charge on any atom is -0.506 e. The Morgan fingerprint density at radius 1 is 0.355 bits per heavy atom. The van der Waals surface area contributed by atoms with Gasteiger partial charge in [0.1, 0.15) is 22.9 Å². The van der Waals surface area contributed by atoms with E-state index in [2.05, 4.69) is 55.6 Å². The SMILES string of the molecule is CCCCCCCCCCCCCCCCCCNC(=O)Nc1ccc(/N=N/c2ccc(-c3ccc(/N=N/c4ccc(NC(=O)NCCCCCCCCCCCCCCCCCC)cc4O)c(C)c3)cc2C)c(O)c1. The van der Waals surface area contributed by atoms with Crippen molar-refractivity contribution in [3.05, 3.63) is 83.9 Å². The van der Waals surface area contributed by atoms with Crippen molar-refractivity contribution in [2.45, 2.75) is 233 Å². The molecule has 0 saturated carbocycles. The summed E-state index contributed by atoms with van der Waals surface area (Å²) >= 11 is 0. The van der Waals surface area contributed by atoms with Crippen LogP contribution in [0.5, 0.6) is 11.5 Å². The van der Waals surface area contributed by atoms with Gasteiger partial charge in [-0.3, -0.25) is 0 Å². The average Bonchev–Trinajstić information content (AvgIpc) is 3.40. The fraction of sp³-hybridized carbons (Fsp3) is 0.594. The Kier molecular flexibility index (Phi) is 32.7. The summed E-state index contributed by atoms with van der Waals surface area (Å²) in [4.78, 5) is 25.0. The van der Waals surface area contributed by atoms with Crippen LogP contribution in [0.2, 0.25) is 0 Å². The fourth-order valence-electron chi connectivity index (χ4n) is 9.58.